The van der Waals surface area contributed by atoms with Gasteiger partial charge in [0.2, 0.25) is 0 Å². The molecule has 0 saturated heterocycles. The SMILES string of the molecule is Cc1ccc(-c2cc(C(F)F)n3ncc(C(=O)OC(C)C)c3n2)cc1. The summed E-state index contributed by atoms with van der Waals surface area (Å²) < 4.78 is 33.1. The van der Waals surface area contributed by atoms with Crippen molar-refractivity contribution in [2.75, 3.05) is 0 Å². The summed E-state index contributed by atoms with van der Waals surface area (Å²) in [6.45, 7) is 5.35. The van der Waals surface area contributed by atoms with Crippen LogP contribution in [0.25, 0.3) is 16.9 Å². The van der Waals surface area contributed by atoms with Crippen molar-refractivity contribution < 1.29 is 18.3 Å². The highest BCUT2D eigenvalue weighted by Gasteiger charge is 2.22. The summed E-state index contributed by atoms with van der Waals surface area (Å²) >= 11 is 0. The van der Waals surface area contributed by atoms with Crippen LogP contribution in [-0.4, -0.2) is 26.7 Å². The fourth-order valence-corrected chi connectivity index (χ4v) is 2.44. The van der Waals surface area contributed by atoms with E-state index in [-0.39, 0.29) is 23.0 Å². The van der Waals surface area contributed by atoms with Gasteiger partial charge in [0.15, 0.2) is 5.65 Å². The molecule has 1 aromatic carbocycles. The minimum Gasteiger partial charge on any atom is -0.459 e. The fraction of sp³-hybridized carbons (Fsp3) is 0.278. The lowest BCUT2D eigenvalue weighted by molar-refractivity contribution is 0.0380. The van der Waals surface area contributed by atoms with Crippen LogP contribution >= 0.6 is 0 Å². The Morgan fingerprint density at radius 1 is 1.20 bits per heavy atom. The van der Waals surface area contributed by atoms with E-state index >= 15 is 0 Å². The van der Waals surface area contributed by atoms with E-state index in [1.54, 1.807) is 26.0 Å². The fourth-order valence-electron chi connectivity index (χ4n) is 2.44. The molecule has 0 fully saturated rings. The molecule has 0 aliphatic heterocycles. The van der Waals surface area contributed by atoms with Crippen LogP contribution in [0.3, 0.4) is 0 Å². The van der Waals surface area contributed by atoms with Gasteiger partial charge in [0.05, 0.1) is 18.0 Å². The van der Waals surface area contributed by atoms with E-state index < -0.39 is 12.4 Å². The summed E-state index contributed by atoms with van der Waals surface area (Å²) in [6.07, 6.45) is -1.89. The van der Waals surface area contributed by atoms with E-state index in [2.05, 4.69) is 10.1 Å². The summed E-state index contributed by atoms with van der Waals surface area (Å²) in [4.78, 5) is 16.6. The Labute approximate surface area is 143 Å². The van der Waals surface area contributed by atoms with E-state index in [4.69, 9.17) is 4.74 Å². The number of aryl methyl sites for hydroxylation is 1. The summed E-state index contributed by atoms with van der Waals surface area (Å²) in [5.74, 6) is -0.640. The van der Waals surface area contributed by atoms with Gasteiger partial charge >= 0.3 is 5.97 Å². The minimum absolute atomic E-state index is 0.0547. The molecule has 2 heterocycles. The predicted octanol–water partition coefficient (Wildman–Crippen LogP) is 4.21. The number of benzene rings is 1. The van der Waals surface area contributed by atoms with Gasteiger partial charge in [0.25, 0.3) is 6.43 Å². The number of rotatable bonds is 4. The Bertz CT molecular complexity index is 918. The van der Waals surface area contributed by atoms with Crippen molar-refractivity contribution in [3.8, 4) is 11.3 Å². The summed E-state index contributed by atoms with van der Waals surface area (Å²) in [6, 6.07) is 8.62. The van der Waals surface area contributed by atoms with Crippen molar-refractivity contribution in [2.45, 2.75) is 33.3 Å². The number of nitrogens with zero attached hydrogens (tertiary/aromatic N) is 3. The molecule has 0 aliphatic rings. The lowest BCUT2D eigenvalue weighted by Gasteiger charge is -2.09. The molecule has 3 aromatic rings. The topological polar surface area (TPSA) is 56.5 Å². The van der Waals surface area contributed by atoms with E-state index in [1.165, 1.54) is 12.3 Å². The van der Waals surface area contributed by atoms with Gasteiger partial charge in [-0.3, -0.25) is 0 Å². The van der Waals surface area contributed by atoms with E-state index in [0.717, 1.165) is 10.1 Å². The number of fused-ring (bicyclic) bond motifs is 1. The van der Waals surface area contributed by atoms with Crippen LogP contribution in [0.2, 0.25) is 0 Å². The maximum Gasteiger partial charge on any atom is 0.343 e. The van der Waals surface area contributed by atoms with Gasteiger partial charge < -0.3 is 4.74 Å². The van der Waals surface area contributed by atoms with Crippen molar-refractivity contribution in [3.05, 3.63) is 53.3 Å². The first-order chi connectivity index (χ1) is 11.9. The van der Waals surface area contributed by atoms with Gasteiger partial charge in [0, 0.05) is 5.56 Å². The molecule has 3 rings (SSSR count). The standard InChI is InChI=1S/C18H17F2N3O2/c1-10(2)25-18(24)13-9-21-23-15(16(19)20)8-14(22-17(13)23)12-6-4-11(3)5-7-12/h4-10,16H,1-3H3. The second kappa shape index (κ2) is 6.58. The van der Waals surface area contributed by atoms with Crippen LogP contribution < -0.4 is 0 Å². The Hall–Kier alpha value is -2.83. The van der Waals surface area contributed by atoms with E-state index in [1.807, 2.05) is 19.1 Å². The van der Waals surface area contributed by atoms with Crippen LogP contribution in [0.5, 0.6) is 0 Å². The van der Waals surface area contributed by atoms with Crippen LogP contribution in [0.1, 0.15) is 41.9 Å². The highest BCUT2D eigenvalue weighted by Crippen LogP contribution is 2.27. The summed E-state index contributed by atoms with van der Waals surface area (Å²) in [5.41, 5.74) is 1.86. The van der Waals surface area contributed by atoms with Gasteiger partial charge in [0.1, 0.15) is 11.3 Å². The average Bonchev–Trinajstić information content (AvgIpc) is 2.97. The van der Waals surface area contributed by atoms with E-state index in [9.17, 15) is 13.6 Å². The third-order valence-corrected chi connectivity index (χ3v) is 3.63. The Morgan fingerprint density at radius 2 is 1.88 bits per heavy atom. The molecule has 5 nitrogen and oxygen atoms in total. The lowest BCUT2D eigenvalue weighted by atomic mass is 10.1. The summed E-state index contributed by atoms with van der Waals surface area (Å²) in [5, 5.41) is 3.89. The van der Waals surface area contributed by atoms with Gasteiger partial charge in [-0.15, -0.1) is 0 Å². The molecule has 0 amide bonds. The normalized spacial score (nSPS) is 11.5. The number of hydrogen-bond acceptors (Lipinski definition) is 4. The number of alkyl halides is 2. The molecule has 130 valence electrons. The van der Waals surface area contributed by atoms with Gasteiger partial charge in [-0.2, -0.15) is 5.10 Å². The van der Waals surface area contributed by atoms with Crippen LogP contribution in [0.15, 0.2) is 36.5 Å². The van der Waals surface area contributed by atoms with Gasteiger partial charge in [-0.1, -0.05) is 29.8 Å². The molecule has 0 saturated carbocycles. The van der Waals surface area contributed by atoms with Gasteiger partial charge in [-0.05, 0) is 26.8 Å². The lowest BCUT2D eigenvalue weighted by Crippen LogP contribution is -2.12. The number of aromatic nitrogens is 3. The van der Waals surface area contributed by atoms with Crippen molar-refractivity contribution in [3.63, 3.8) is 0 Å². The van der Waals surface area contributed by atoms with Crippen molar-refractivity contribution in [1.29, 1.82) is 0 Å². The number of ether oxygens (including phenoxy) is 1. The Balaban J connectivity index is 2.19. The predicted molar refractivity (Wildman–Crippen MR) is 88.7 cm³/mol. The van der Waals surface area contributed by atoms with Crippen LogP contribution in [0, 0.1) is 6.92 Å². The van der Waals surface area contributed by atoms with Crippen molar-refractivity contribution in [2.24, 2.45) is 0 Å². The molecular formula is C18H17F2N3O2. The minimum atomic E-state index is -2.76. The maximum absolute atomic E-state index is 13.5. The van der Waals surface area contributed by atoms with Gasteiger partial charge in [-0.25, -0.2) is 23.1 Å². The molecule has 0 atom stereocenters. The number of carbonyl (C=O) groups excluding carboxylic acids is 1. The van der Waals surface area contributed by atoms with E-state index in [0.29, 0.717) is 11.3 Å². The van der Waals surface area contributed by atoms with Crippen LogP contribution in [-0.2, 0) is 4.74 Å². The molecule has 7 heteroatoms. The average molecular weight is 345 g/mol. The molecule has 0 aliphatic carbocycles. The number of carbonyl (C=O) groups is 1. The zero-order chi connectivity index (χ0) is 18.1. The summed E-state index contributed by atoms with van der Waals surface area (Å²) in [7, 11) is 0. The Morgan fingerprint density at radius 3 is 2.48 bits per heavy atom. The zero-order valence-corrected chi connectivity index (χ0v) is 14.0. The molecular weight excluding hydrogens is 328 g/mol. The Kier molecular flexibility index (Phi) is 4.48. The number of hydrogen-bond donors (Lipinski definition) is 0. The first kappa shape index (κ1) is 17.0. The van der Waals surface area contributed by atoms with Crippen molar-refractivity contribution >= 4 is 11.6 Å². The largest absolute Gasteiger partial charge is 0.459 e. The second-order valence-corrected chi connectivity index (χ2v) is 5.98. The molecule has 25 heavy (non-hydrogen) atoms. The molecule has 0 spiro atoms. The highest BCUT2D eigenvalue weighted by molar-refractivity contribution is 5.96. The molecule has 0 unspecified atom stereocenters. The first-order valence-corrected chi connectivity index (χ1v) is 7.81. The van der Waals surface area contributed by atoms with Crippen LogP contribution in [0.4, 0.5) is 8.78 Å². The third-order valence-electron chi connectivity index (χ3n) is 3.63. The molecule has 0 radical (unpaired) electrons. The molecule has 2 aromatic heterocycles. The quantitative estimate of drug-likeness (QED) is 0.665. The molecule has 0 bridgehead atoms. The first-order valence-electron chi connectivity index (χ1n) is 7.81. The highest BCUT2D eigenvalue weighted by atomic mass is 19.3. The molecule has 0 N–H and O–H groups in total. The third kappa shape index (κ3) is 3.35. The second-order valence-electron chi connectivity index (χ2n) is 5.98. The number of esters is 1. The van der Waals surface area contributed by atoms with Crippen molar-refractivity contribution in [1.82, 2.24) is 14.6 Å². The maximum atomic E-state index is 13.5. The smallest absolute Gasteiger partial charge is 0.343 e. The monoisotopic (exact) mass is 345 g/mol. The zero-order valence-electron chi connectivity index (χ0n) is 14.0. The number of halogens is 2.